The first-order valence-corrected chi connectivity index (χ1v) is 21.8. The van der Waals surface area contributed by atoms with Crippen LogP contribution in [-0.4, -0.2) is 47.3 Å². The molecule has 1 heterocycles. The molecule has 0 spiro atoms. The number of aliphatic hydroxyl groups excluding tert-OH is 1. The predicted octanol–water partition coefficient (Wildman–Crippen LogP) is 11.1. The first kappa shape index (κ1) is 40.2. The Labute approximate surface area is 321 Å². The number of rotatable bonds is 21. The number of hydrogen-bond donors (Lipinski definition) is 3. The lowest BCUT2D eigenvalue weighted by molar-refractivity contribution is -0.276. The van der Waals surface area contributed by atoms with Gasteiger partial charge in [0.25, 0.3) is 0 Å². The maximum Gasteiger partial charge on any atom is 0.319 e. The number of carbonyl (C=O) groups excluding carboxylic acids is 1. The van der Waals surface area contributed by atoms with Gasteiger partial charge in [-0.15, -0.1) is 0 Å². The van der Waals surface area contributed by atoms with Crippen LogP contribution >= 0.6 is 0 Å². The Hall–Kier alpha value is -2.45. The zero-order chi connectivity index (χ0) is 37.0. The molecule has 5 fully saturated rings. The lowest BCUT2D eigenvalue weighted by Gasteiger charge is -2.56. The molecule has 0 unspecified atom stereocenters. The summed E-state index contributed by atoms with van der Waals surface area (Å²) in [6, 6.07) is 16.2. The number of benzene rings is 2. The molecule has 0 aromatic heterocycles. The van der Waals surface area contributed by atoms with Crippen LogP contribution in [0.15, 0.2) is 48.5 Å². The summed E-state index contributed by atoms with van der Waals surface area (Å²) < 4.78 is 13.8. The first-order chi connectivity index (χ1) is 25.9. The van der Waals surface area contributed by atoms with Gasteiger partial charge in [-0.3, -0.25) is 0 Å². The zero-order valence-corrected chi connectivity index (χ0v) is 33.3. The molecule has 1 saturated heterocycles. The standard InChI is InChI=1S/C46H71N3O4/c1-4-6-8-10-12-14-23-49(24-15-13-11-9-7-5-2)32-42-34(3)43(39-21-19-35(33-50)20-22-39)53-44(52-42)40-17-16-18-41(28-40)47-45(51)48-46-29-36-25-37(30-46)27-38(26-36)31-46/h16-22,28,34,36-38,42-44,50H,4-15,23-27,29-33H2,1-3H3,(H2,47,48,51)/t34-,36?,37?,38?,42+,43+,44+,46?/m0/s1. The van der Waals surface area contributed by atoms with Gasteiger partial charge in [-0.1, -0.05) is 121 Å². The van der Waals surface area contributed by atoms with E-state index in [1.54, 1.807) is 0 Å². The van der Waals surface area contributed by atoms with Crippen LogP contribution in [0.3, 0.4) is 0 Å². The molecule has 0 radical (unpaired) electrons. The molecule has 294 valence electrons. The van der Waals surface area contributed by atoms with E-state index in [0.717, 1.165) is 79.0 Å². The van der Waals surface area contributed by atoms with Crippen molar-refractivity contribution in [2.75, 3.05) is 25.0 Å². The zero-order valence-electron chi connectivity index (χ0n) is 33.3. The lowest BCUT2D eigenvalue weighted by Crippen LogP contribution is -2.60. The number of hydrogen-bond acceptors (Lipinski definition) is 5. The first-order valence-electron chi connectivity index (χ1n) is 21.8. The Morgan fingerprint density at radius 3 is 1.94 bits per heavy atom. The summed E-state index contributed by atoms with van der Waals surface area (Å²) in [6.07, 6.45) is 22.3. The van der Waals surface area contributed by atoms with Crippen molar-refractivity contribution >= 4 is 11.7 Å². The number of aliphatic hydroxyl groups is 1. The number of nitrogens with zero attached hydrogens (tertiary/aromatic N) is 1. The third-order valence-electron chi connectivity index (χ3n) is 13.1. The van der Waals surface area contributed by atoms with E-state index in [1.807, 2.05) is 30.3 Å². The Morgan fingerprint density at radius 1 is 0.774 bits per heavy atom. The van der Waals surface area contributed by atoms with Crippen molar-refractivity contribution in [1.82, 2.24) is 10.2 Å². The third-order valence-corrected chi connectivity index (χ3v) is 13.1. The maximum absolute atomic E-state index is 13.5. The average molecular weight is 730 g/mol. The number of nitrogens with one attached hydrogen (secondary N) is 2. The van der Waals surface area contributed by atoms with Gasteiger partial charge in [0.1, 0.15) is 0 Å². The number of amides is 2. The van der Waals surface area contributed by atoms with Crippen LogP contribution in [0.1, 0.15) is 165 Å². The van der Waals surface area contributed by atoms with Crippen LogP contribution in [0.25, 0.3) is 0 Å². The lowest BCUT2D eigenvalue weighted by atomic mass is 9.53. The van der Waals surface area contributed by atoms with Crippen molar-refractivity contribution in [1.29, 1.82) is 0 Å². The Bertz CT molecular complexity index is 1350. The minimum absolute atomic E-state index is 0.0209. The molecule has 53 heavy (non-hydrogen) atoms. The molecule has 7 nitrogen and oxygen atoms in total. The van der Waals surface area contributed by atoms with Gasteiger partial charge in [0.15, 0.2) is 6.29 Å². The van der Waals surface area contributed by atoms with Gasteiger partial charge in [0.2, 0.25) is 0 Å². The van der Waals surface area contributed by atoms with Crippen LogP contribution in [0.5, 0.6) is 0 Å². The highest BCUT2D eigenvalue weighted by atomic mass is 16.7. The van der Waals surface area contributed by atoms with Crippen molar-refractivity contribution in [2.45, 2.75) is 167 Å². The van der Waals surface area contributed by atoms with Crippen LogP contribution in [-0.2, 0) is 16.1 Å². The molecular weight excluding hydrogens is 659 g/mol. The Morgan fingerprint density at radius 2 is 1.36 bits per heavy atom. The normalized spacial score (nSPS) is 29.1. The fraction of sp³-hybridized carbons (Fsp3) is 0.717. The van der Waals surface area contributed by atoms with E-state index in [-0.39, 0.29) is 36.3 Å². The van der Waals surface area contributed by atoms with Crippen LogP contribution in [0, 0.1) is 23.7 Å². The second-order valence-electron chi connectivity index (χ2n) is 17.6. The molecular formula is C46H71N3O4. The SMILES string of the molecule is CCCCCCCCN(CCCCCCCC)C[C@H]1O[C@@H](c2cccc(NC(=O)NC34CC5CC(CC(C5)C3)C4)c2)O[C@@H](c2ccc(CO)cc2)[C@H]1C. The molecule has 4 bridgehead atoms. The molecule has 4 atom stereocenters. The highest BCUT2D eigenvalue weighted by Crippen LogP contribution is 2.55. The number of unbranched alkanes of at least 4 members (excludes halogenated alkanes) is 10. The van der Waals surface area contributed by atoms with Gasteiger partial charge in [0.05, 0.1) is 18.8 Å². The topological polar surface area (TPSA) is 83.1 Å². The predicted molar refractivity (Wildman–Crippen MR) is 216 cm³/mol. The summed E-state index contributed by atoms with van der Waals surface area (Å²) in [6.45, 7) is 9.95. The van der Waals surface area contributed by atoms with E-state index in [1.165, 1.54) is 96.3 Å². The number of carbonyl (C=O) groups is 1. The minimum atomic E-state index is -0.559. The number of urea groups is 1. The second kappa shape index (κ2) is 19.9. The molecule has 2 aromatic carbocycles. The van der Waals surface area contributed by atoms with Gasteiger partial charge >= 0.3 is 6.03 Å². The molecule has 4 aliphatic carbocycles. The van der Waals surface area contributed by atoms with E-state index in [9.17, 15) is 9.90 Å². The maximum atomic E-state index is 13.5. The quantitative estimate of drug-likeness (QED) is 0.111. The minimum Gasteiger partial charge on any atom is -0.392 e. The van der Waals surface area contributed by atoms with Crippen LogP contribution in [0.4, 0.5) is 10.5 Å². The molecule has 5 aliphatic rings. The summed E-state index contributed by atoms with van der Waals surface area (Å²) >= 11 is 0. The molecule has 7 rings (SSSR count). The van der Waals surface area contributed by atoms with Crippen molar-refractivity contribution < 1.29 is 19.4 Å². The summed E-state index contributed by atoms with van der Waals surface area (Å²) in [4.78, 5) is 16.2. The van der Waals surface area contributed by atoms with Gasteiger partial charge in [-0.2, -0.15) is 0 Å². The van der Waals surface area contributed by atoms with Crippen LogP contribution < -0.4 is 10.6 Å². The number of ether oxygens (including phenoxy) is 2. The Balaban J connectivity index is 1.14. The fourth-order valence-electron chi connectivity index (χ4n) is 10.5. The summed E-state index contributed by atoms with van der Waals surface area (Å²) in [5, 5.41) is 16.4. The van der Waals surface area contributed by atoms with E-state index in [2.05, 4.69) is 54.5 Å². The average Bonchev–Trinajstić information content (AvgIpc) is 3.14. The van der Waals surface area contributed by atoms with Crippen LogP contribution in [0.2, 0.25) is 0 Å². The fourth-order valence-corrected chi connectivity index (χ4v) is 10.5. The Kier molecular flexibility index (Phi) is 15.1. The van der Waals surface area contributed by atoms with Gasteiger partial charge < -0.3 is 30.1 Å². The second-order valence-corrected chi connectivity index (χ2v) is 17.6. The highest BCUT2D eigenvalue weighted by molar-refractivity contribution is 5.90. The molecule has 2 aromatic rings. The highest BCUT2D eigenvalue weighted by Gasteiger charge is 2.51. The van der Waals surface area contributed by atoms with E-state index in [0.29, 0.717) is 0 Å². The van der Waals surface area contributed by atoms with E-state index < -0.39 is 6.29 Å². The van der Waals surface area contributed by atoms with Crippen molar-refractivity contribution in [2.24, 2.45) is 23.7 Å². The summed E-state index contributed by atoms with van der Waals surface area (Å²) in [5.74, 6) is 2.47. The monoisotopic (exact) mass is 730 g/mol. The van der Waals surface area contributed by atoms with E-state index in [4.69, 9.17) is 9.47 Å². The summed E-state index contributed by atoms with van der Waals surface area (Å²) in [5.41, 5.74) is 3.66. The molecule has 1 aliphatic heterocycles. The van der Waals surface area contributed by atoms with Gasteiger partial charge in [0, 0.05) is 29.3 Å². The van der Waals surface area contributed by atoms with Crippen molar-refractivity contribution in [3.8, 4) is 0 Å². The molecule has 3 N–H and O–H groups in total. The van der Waals surface area contributed by atoms with Gasteiger partial charge in [-0.05, 0) is 105 Å². The smallest absolute Gasteiger partial charge is 0.319 e. The van der Waals surface area contributed by atoms with Gasteiger partial charge in [-0.25, -0.2) is 4.79 Å². The van der Waals surface area contributed by atoms with E-state index >= 15 is 0 Å². The molecule has 7 heteroatoms. The molecule has 4 saturated carbocycles. The largest absolute Gasteiger partial charge is 0.392 e. The van der Waals surface area contributed by atoms with Crippen molar-refractivity contribution in [3.63, 3.8) is 0 Å². The van der Waals surface area contributed by atoms with Crippen molar-refractivity contribution in [3.05, 3.63) is 65.2 Å². The third kappa shape index (κ3) is 11.3. The summed E-state index contributed by atoms with van der Waals surface area (Å²) in [7, 11) is 0. The number of anilines is 1. The molecule has 2 amide bonds.